The fourth-order valence-electron chi connectivity index (χ4n) is 3.10. The molecular weight excluding hydrogens is 256 g/mol. The zero-order chi connectivity index (χ0) is 13.2. The van der Waals surface area contributed by atoms with Crippen molar-refractivity contribution >= 4 is 22.9 Å². The van der Waals surface area contributed by atoms with Crippen molar-refractivity contribution in [1.29, 1.82) is 0 Å². The van der Waals surface area contributed by atoms with Crippen LogP contribution in [0.25, 0.3) is 0 Å². The zero-order valence-electron chi connectivity index (χ0n) is 11.1. The van der Waals surface area contributed by atoms with E-state index in [1.165, 1.54) is 38.0 Å². The average molecular weight is 276 g/mol. The van der Waals surface area contributed by atoms with E-state index >= 15 is 0 Å². The first-order chi connectivity index (χ1) is 9.24. The number of rotatable bonds is 3. The van der Waals surface area contributed by atoms with E-state index in [0.717, 1.165) is 19.1 Å². The lowest BCUT2D eigenvalue weighted by Crippen LogP contribution is -2.35. The van der Waals surface area contributed by atoms with Gasteiger partial charge in [0.25, 0.3) is 0 Å². The van der Waals surface area contributed by atoms with E-state index in [4.69, 9.17) is 18.0 Å². The molecular formula is C14H20N4S. The number of thiocarbonyl (C=S) groups is 1. The molecule has 1 atom stereocenters. The minimum Gasteiger partial charge on any atom is -0.388 e. The van der Waals surface area contributed by atoms with Crippen LogP contribution in [0, 0.1) is 0 Å². The highest BCUT2D eigenvalue weighted by Gasteiger charge is 2.29. The van der Waals surface area contributed by atoms with Crippen LogP contribution in [-0.2, 0) is 0 Å². The molecule has 0 amide bonds. The van der Waals surface area contributed by atoms with Crippen LogP contribution in [0.5, 0.6) is 0 Å². The molecule has 0 aromatic carbocycles. The van der Waals surface area contributed by atoms with Crippen molar-refractivity contribution in [3.8, 4) is 0 Å². The van der Waals surface area contributed by atoms with E-state index in [1.54, 1.807) is 0 Å². The molecule has 1 aromatic heterocycles. The third-order valence-electron chi connectivity index (χ3n) is 4.19. The van der Waals surface area contributed by atoms with Crippen LogP contribution in [0.4, 0.5) is 5.69 Å². The summed E-state index contributed by atoms with van der Waals surface area (Å²) in [6.45, 7) is 4.79. The Kier molecular flexibility index (Phi) is 3.66. The van der Waals surface area contributed by atoms with E-state index in [9.17, 15) is 0 Å². The van der Waals surface area contributed by atoms with Crippen molar-refractivity contribution in [2.45, 2.75) is 25.3 Å². The van der Waals surface area contributed by atoms with Crippen molar-refractivity contribution in [2.75, 3.05) is 31.1 Å². The first kappa shape index (κ1) is 12.8. The van der Waals surface area contributed by atoms with E-state index in [1.807, 2.05) is 12.3 Å². The van der Waals surface area contributed by atoms with Gasteiger partial charge < -0.3 is 10.6 Å². The van der Waals surface area contributed by atoms with Gasteiger partial charge in [-0.25, -0.2) is 0 Å². The molecule has 19 heavy (non-hydrogen) atoms. The van der Waals surface area contributed by atoms with Crippen molar-refractivity contribution in [1.82, 2.24) is 9.88 Å². The number of nitrogens with zero attached hydrogens (tertiary/aromatic N) is 3. The van der Waals surface area contributed by atoms with Gasteiger partial charge in [0.05, 0.1) is 17.6 Å². The molecule has 1 unspecified atom stereocenters. The second-order valence-electron chi connectivity index (χ2n) is 5.40. The SMILES string of the molecule is NC(=S)c1ccc(N2CCC(N3CCCC3)C2)cn1. The molecule has 3 rings (SSSR count). The van der Waals surface area contributed by atoms with Gasteiger partial charge in [0.1, 0.15) is 4.99 Å². The normalized spacial score (nSPS) is 24.0. The van der Waals surface area contributed by atoms with Crippen LogP contribution in [0.3, 0.4) is 0 Å². The molecule has 102 valence electrons. The molecule has 0 aliphatic carbocycles. The van der Waals surface area contributed by atoms with Crippen LogP contribution in [-0.4, -0.2) is 47.1 Å². The Hall–Kier alpha value is -1.20. The lowest BCUT2D eigenvalue weighted by Gasteiger charge is -2.24. The highest BCUT2D eigenvalue weighted by molar-refractivity contribution is 7.80. The average Bonchev–Trinajstić information content (AvgIpc) is 3.10. The molecule has 2 aliphatic rings. The van der Waals surface area contributed by atoms with Crippen LogP contribution < -0.4 is 10.6 Å². The maximum Gasteiger partial charge on any atom is 0.122 e. The van der Waals surface area contributed by atoms with E-state index in [2.05, 4.69) is 20.9 Å². The second-order valence-corrected chi connectivity index (χ2v) is 5.84. The number of likely N-dealkylation sites (tertiary alicyclic amines) is 1. The summed E-state index contributed by atoms with van der Waals surface area (Å²) in [4.78, 5) is 9.74. The van der Waals surface area contributed by atoms with Gasteiger partial charge >= 0.3 is 0 Å². The van der Waals surface area contributed by atoms with Gasteiger partial charge in [-0.1, -0.05) is 12.2 Å². The first-order valence-electron chi connectivity index (χ1n) is 6.99. The summed E-state index contributed by atoms with van der Waals surface area (Å²) in [6, 6.07) is 4.71. The Balaban J connectivity index is 1.65. The Morgan fingerprint density at radius 3 is 2.68 bits per heavy atom. The monoisotopic (exact) mass is 276 g/mol. The third-order valence-corrected chi connectivity index (χ3v) is 4.40. The van der Waals surface area contributed by atoms with Gasteiger partial charge in [-0.05, 0) is 44.5 Å². The molecule has 1 aromatic rings. The number of pyridine rings is 1. The van der Waals surface area contributed by atoms with Crippen LogP contribution in [0.1, 0.15) is 25.0 Å². The topological polar surface area (TPSA) is 45.4 Å². The van der Waals surface area contributed by atoms with Gasteiger partial charge in [-0.3, -0.25) is 9.88 Å². The van der Waals surface area contributed by atoms with Gasteiger partial charge in [0.2, 0.25) is 0 Å². The van der Waals surface area contributed by atoms with Crippen LogP contribution in [0.2, 0.25) is 0 Å². The molecule has 4 nitrogen and oxygen atoms in total. The first-order valence-corrected chi connectivity index (χ1v) is 7.40. The van der Waals surface area contributed by atoms with Gasteiger partial charge in [-0.2, -0.15) is 0 Å². The lowest BCUT2D eigenvalue weighted by atomic mass is 10.2. The number of hydrogen-bond donors (Lipinski definition) is 1. The molecule has 0 bridgehead atoms. The standard InChI is InChI=1S/C14H20N4S/c15-14(19)13-4-3-11(9-16-13)18-8-5-12(10-18)17-6-1-2-7-17/h3-4,9,12H,1-2,5-8,10H2,(H2,15,19). The Bertz CT molecular complexity index is 453. The number of hydrogen-bond acceptors (Lipinski definition) is 4. The molecule has 3 heterocycles. The van der Waals surface area contributed by atoms with Gasteiger partial charge in [-0.15, -0.1) is 0 Å². The summed E-state index contributed by atoms with van der Waals surface area (Å²) in [5, 5.41) is 0. The Morgan fingerprint density at radius 2 is 2.05 bits per heavy atom. The molecule has 0 saturated carbocycles. The van der Waals surface area contributed by atoms with Crippen LogP contribution >= 0.6 is 12.2 Å². The Labute approximate surface area is 119 Å². The molecule has 2 fully saturated rings. The molecule has 0 radical (unpaired) electrons. The largest absolute Gasteiger partial charge is 0.388 e. The third kappa shape index (κ3) is 2.72. The number of anilines is 1. The van der Waals surface area contributed by atoms with Crippen molar-refractivity contribution in [3.63, 3.8) is 0 Å². The van der Waals surface area contributed by atoms with E-state index < -0.39 is 0 Å². The quantitative estimate of drug-likeness (QED) is 0.845. The number of aromatic nitrogens is 1. The molecule has 5 heteroatoms. The molecule has 2 N–H and O–H groups in total. The lowest BCUT2D eigenvalue weighted by molar-refractivity contribution is 0.260. The van der Waals surface area contributed by atoms with Crippen molar-refractivity contribution in [2.24, 2.45) is 5.73 Å². The summed E-state index contributed by atoms with van der Waals surface area (Å²) in [7, 11) is 0. The maximum atomic E-state index is 5.57. The molecule has 2 aliphatic heterocycles. The van der Waals surface area contributed by atoms with E-state index in [-0.39, 0.29) is 0 Å². The van der Waals surface area contributed by atoms with E-state index in [0.29, 0.717) is 10.7 Å². The predicted octanol–water partition coefficient (Wildman–Crippen LogP) is 1.39. The minimum absolute atomic E-state index is 0.364. The van der Waals surface area contributed by atoms with Crippen molar-refractivity contribution in [3.05, 3.63) is 24.0 Å². The molecule has 2 saturated heterocycles. The van der Waals surface area contributed by atoms with Crippen LogP contribution in [0.15, 0.2) is 18.3 Å². The second kappa shape index (κ2) is 5.43. The minimum atomic E-state index is 0.364. The summed E-state index contributed by atoms with van der Waals surface area (Å²) in [5.41, 5.74) is 7.46. The smallest absolute Gasteiger partial charge is 0.122 e. The summed E-state index contributed by atoms with van der Waals surface area (Å²) in [5.74, 6) is 0. The highest BCUT2D eigenvalue weighted by atomic mass is 32.1. The fourth-order valence-corrected chi connectivity index (χ4v) is 3.22. The maximum absolute atomic E-state index is 5.57. The van der Waals surface area contributed by atoms with Crippen molar-refractivity contribution < 1.29 is 0 Å². The summed E-state index contributed by atoms with van der Waals surface area (Å²) in [6.07, 6.45) is 5.87. The molecule has 0 spiro atoms. The summed E-state index contributed by atoms with van der Waals surface area (Å²) < 4.78 is 0. The summed E-state index contributed by atoms with van der Waals surface area (Å²) >= 11 is 4.93. The number of nitrogens with two attached hydrogens (primary N) is 1. The zero-order valence-corrected chi connectivity index (χ0v) is 11.9. The predicted molar refractivity (Wildman–Crippen MR) is 81.5 cm³/mol. The highest BCUT2D eigenvalue weighted by Crippen LogP contribution is 2.24. The van der Waals surface area contributed by atoms with Gasteiger partial charge in [0.15, 0.2) is 0 Å². The Morgan fingerprint density at radius 1 is 1.26 bits per heavy atom. The fraction of sp³-hybridized carbons (Fsp3) is 0.571. The van der Waals surface area contributed by atoms with Gasteiger partial charge in [0, 0.05) is 19.1 Å².